The van der Waals surface area contributed by atoms with Gasteiger partial charge < -0.3 is 15.5 Å². The third-order valence-corrected chi connectivity index (χ3v) is 4.39. The lowest BCUT2D eigenvalue weighted by Gasteiger charge is -2.33. The van der Waals surface area contributed by atoms with Crippen molar-refractivity contribution in [3.8, 4) is 0 Å². The molecule has 0 spiro atoms. The van der Waals surface area contributed by atoms with E-state index in [-0.39, 0.29) is 24.0 Å². The highest BCUT2D eigenvalue weighted by Crippen LogP contribution is 2.29. The highest BCUT2D eigenvalue weighted by molar-refractivity contribution is 14.0. The summed E-state index contributed by atoms with van der Waals surface area (Å²) >= 11 is 0. The first-order valence-corrected chi connectivity index (χ1v) is 8.34. The monoisotopic (exact) mass is 463 g/mol. The molecule has 142 valence electrons. The molecule has 2 fully saturated rings. The topological polar surface area (TPSA) is 42.9 Å². The lowest BCUT2D eigenvalue weighted by atomic mass is 10.1. The Balaban J connectivity index is 0.00000288. The zero-order valence-electron chi connectivity index (χ0n) is 14.4. The van der Waals surface area contributed by atoms with Crippen LogP contribution in [0.4, 0.5) is 13.2 Å². The molecule has 0 aromatic heterocycles. The zero-order chi connectivity index (χ0) is 16.9. The van der Waals surface area contributed by atoms with Crippen molar-refractivity contribution < 1.29 is 13.2 Å². The van der Waals surface area contributed by atoms with E-state index in [4.69, 9.17) is 0 Å². The molecule has 24 heavy (non-hydrogen) atoms. The minimum atomic E-state index is -4.15. The Morgan fingerprint density at radius 3 is 2.33 bits per heavy atom. The molecule has 0 amide bonds. The van der Waals surface area contributed by atoms with Crippen LogP contribution < -0.4 is 10.6 Å². The molecule has 5 nitrogen and oxygen atoms in total. The molecule has 0 bridgehead atoms. The number of aliphatic imine (C=N–C) groups is 1. The average molecular weight is 463 g/mol. The maximum Gasteiger partial charge on any atom is 0.401 e. The maximum absolute atomic E-state index is 12.3. The van der Waals surface area contributed by atoms with Gasteiger partial charge in [-0.15, -0.1) is 24.0 Å². The summed E-state index contributed by atoms with van der Waals surface area (Å²) in [6, 6.07) is 1.21. The molecule has 0 atom stereocenters. The first-order chi connectivity index (χ1) is 10.9. The molecule has 9 heteroatoms. The normalized spacial score (nSPS) is 20.8. The quantitative estimate of drug-likeness (QED) is 0.359. The second-order valence-corrected chi connectivity index (χ2v) is 6.54. The Bertz CT molecular complexity index is 393. The van der Waals surface area contributed by atoms with Gasteiger partial charge in [-0.1, -0.05) is 0 Å². The van der Waals surface area contributed by atoms with Crippen molar-refractivity contribution in [2.75, 3.05) is 46.8 Å². The van der Waals surface area contributed by atoms with Crippen molar-refractivity contribution in [1.82, 2.24) is 20.4 Å². The molecule has 0 aromatic carbocycles. The average Bonchev–Trinajstić information content (AvgIpc) is 3.29. The minimum absolute atomic E-state index is 0. The number of halogens is 4. The number of rotatable bonds is 6. The second kappa shape index (κ2) is 10.0. The van der Waals surface area contributed by atoms with Gasteiger partial charge in [0.2, 0.25) is 0 Å². The van der Waals surface area contributed by atoms with Gasteiger partial charge in [0.1, 0.15) is 0 Å². The Morgan fingerprint density at radius 2 is 1.83 bits per heavy atom. The van der Waals surface area contributed by atoms with Crippen LogP contribution in [-0.4, -0.2) is 80.8 Å². The maximum atomic E-state index is 12.3. The van der Waals surface area contributed by atoms with Crippen molar-refractivity contribution in [3.05, 3.63) is 0 Å². The molecule has 2 aliphatic rings. The Kier molecular flexibility index (Phi) is 9.07. The van der Waals surface area contributed by atoms with Crippen LogP contribution in [0, 0.1) is 0 Å². The molecule has 1 aliphatic heterocycles. The summed E-state index contributed by atoms with van der Waals surface area (Å²) in [7, 11) is 3.16. The number of nitrogens with zero attached hydrogens (tertiary/aromatic N) is 3. The summed E-state index contributed by atoms with van der Waals surface area (Å²) < 4.78 is 36.8. The Labute approximate surface area is 159 Å². The lowest BCUT2D eigenvalue weighted by Crippen LogP contribution is -2.50. The van der Waals surface area contributed by atoms with Crippen LogP contribution in [0.5, 0.6) is 0 Å². The molecule has 1 aliphatic carbocycles. The molecule has 0 radical (unpaired) electrons. The van der Waals surface area contributed by atoms with Gasteiger partial charge in [0.25, 0.3) is 0 Å². The third kappa shape index (κ3) is 8.19. The molecule has 1 saturated heterocycles. The molecule has 1 saturated carbocycles. The van der Waals surface area contributed by atoms with Gasteiger partial charge in [-0.2, -0.15) is 13.2 Å². The van der Waals surface area contributed by atoms with Crippen LogP contribution in [0.25, 0.3) is 0 Å². The van der Waals surface area contributed by atoms with Gasteiger partial charge in [0, 0.05) is 45.3 Å². The highest BCUT2D eigenvalue weighted by atomic mass is 127. The fourth-order valence-electron chi connectivity index (χ4n) is 2.99. The molecule has 2 rings (SSSR count). The van der Waals surface area contributed by atoms with Crippen molar-refractivity contribution in [3.63, 3.8) is 0 Å². The first-order valence-electron chi connectivity index (χ1n) is 8.34. The standard InChI is InChI=1S/C15H28F3N5.HI/c1-19-14(20-7-10-22(2)11-15(16,17)18)21-12-5-8-23(9-6-12)13-3-4-13;/h12-13H,3-11H2,1-2H3,(H2,19,20,21);1H. The summed E-state index contributed by atoms with van der Waals surface area (Å²) in [6.07, 6.45) is 0.708. The van der Waals surface area contributed by atoms with Crippen LogP contribution in [0.3, 0.4) is 0 Å². The Morgan fingerprint density at radius 1 is 1.21 bits per heavy atom. The van der Waals surface area contributed by atoms with E-state index in [0.717, 1.165) is 32.0 Å². The first kappa shape index (κ1) is 21.8. The fourth-order valence-corrected chi connectivity index (χ4v) is 2.99. The number of likely N-dealkylation sites (tertiary alicyclic amines) is 1. The smallest absolute Gasteiger partial charge is 0.355 e. The van der Waals surface area contributed by atoms with Gasteiger partial charge in [-0.05, 0) is 32.7 Å². The number of alkyl halides is 3. The number of nitrogens with one attached hydrogen (secondary N) is 2. The van der Waals surface area contributed by atoms with E-state index in [2.05, 4.69) is 20.5 Å². The number of piperidine rings is 1. The summed E-state index contributed by atoms with van der Waals surface area (Å²) in [6.45, 7) is 2.11. The lowest BCUT2D eigenvalue weighted by molar-refractivity contribution is -0.142. The van der Waals surface area contributed by atoms with E-state index in [1.54, 1.807) is 7.05 Å². The van der Waals surface area contributed by atoms with Crippen LogP contribution in [0.15, 0.2) is 4.99 Å². The summed E-state index contributed by atoms with van der Waals surface area (Å²) in [5.74, 6) is 0.676. The fraction of sp³-hybridized carbons (Fsp3) is 0.933. The largest absolute Gasteiger partial charge is 0.401 e. The van der Waals surface area contributed by atoms with E-state index in [9.17, 15) is 13.2 Å². The van der Waals surface area contributed by atoms with Crippen LogP contribution in [0.2, 0.25) is 0 Å². The number of hydrogen-bond acceptors (Lipinski definition) is 3. The highest BCUT2D eigenvalue weighted by Gasteiger charge is 2.32. The van der Waals surface area contributed by atoms with Gasteiger partial charge >= 0.3 is 6.18 Å². The zero-order valence-corrected chi connectivity index (χ0v) is 16.7. The number of likely N-dealkylation sites (N-methyl/N-ethyl adjacent to an activating group) is 1. The van der Waals surface area contributed by atoms with Gasteiger partial charge in [0.05, 0.1) is 6.54 Å². The van der Waals surface area contributed by atoms with Gasteiger partial charge in [-0.25, -0.2) is 0 Å². The van der Waals surface area contributed by atoms with E-state index >= 15 is 0 Å². The minimum Gasteiger partial charge on any atom is -0.355 e. The number of guanidine groups is 1. The summed E-state index contributed by atoms with van der Waals surface area (Å²) in [5, 5.41) is 6.47. The molecular formula is C15H29F3IN5. The van der Waals surface area contributed by atoms with E-state index < -0.39 is 12.7 Å². The van der Waals surface area contributed by atoms with Crippen LogP contribution >= 0.6 is 24.0 Å². The molecule has 0 aromatic rings. The van der Waals surface area contributed by atoms with Crippen LogP contribution in [-0.2, 0) is 0 Å². The van der Waals surface area contributed by atoms with Crippen molar-refractivity contribution >= 4 is 29.9 Å². The summed E-state index contributed by atoms with van der Waals surface area (Å²) in [4.78, 5) is 7.97. The predicted molar refractivity (Wildman–Crippen MR) is 101 cm³/mol. The molecule has 0 unspecified atom stereocenters. The summed E-state index contributed by atoms with van der Waals surface area (Å²) in [5.41, 5.74) is 0. The van der Waals surface area contributed by atoms with Gasteiger partial charge in [0.15, 0.2) is 5.96 Å². The van der Waals surface area contributed by atoms with E-state index in [1.165, 1.54) is 24.8 Å². The van der Waals surface area contributed by atoms with E-state index in [1.807, 2.05) is 0 Å². The molecular weight excluding hydrogens is 434 g/mol. The number of hydrogen-bond donors (Lipinski definition) is 2. The Hall–Kier alpha value is -0.290. The third-order valence-electron chi connectivity index (χ3n) is 4.39. The van der Waals surface area contributed by atoms with Crippen molar-refractivity contribution in [2.45, 2.75) is 43.9 Å². The van der Waals surface area contributed by atoms with Crippen molar-refractivity contribution in [2.24, 2.45) is 4.99 Å². The predicted octanol–water partition coefficient (Wildman–Crippen LogP) is 1.89. The van der Waals surface area contributed by atoms with E-state index in [0.29, 0.717) is 25.1 Å². The molecule has 1 heterocycles. The van der Waals surface area contributed by atoms with Gasteiger partial charge in [-0.3, -0.25) is 9.89 Å². The SMILES string of the molecule is CN=C(NCCN(C)CC(F)(F)F)NC1CCN(C2CC2)CC1.I. The van der Waals surface area contributed by atoms with Crippen molar-refractivity contribution in [1.29, 1.82) is 0 Å². The second-order valence-electron chi connectivity index (χ2n) is 6.54. The molecule has 2 N–H and O–H groups in total. The van der Waals surface area contributed by atoms with Crippen LogP contribution in [0.1, 0.15) is 25.7 Å².